The number of rotatable bonds is 2. The van der Waals surface area contributed by atoms with Crippen LogP contribution in [-0.4, -0.2) is 5.11 Å². The highest BCUT2D eigenvalue weighted by atomic mass is 35.5. The molecule has 0 aliphatic heterocycles. The fourth-order valence-electron chi connectivity index (χ4n) is 1.80. The van der Waals surface area contributed by atoms with Crippen molar-refractivity contribution < 1.29 is 9.52 Å². The first-order chi connectivity index (χ1) is 8.65. The number of furan rings is 1. The van der Waals surface area contributed by atoms with E-state index in [0.29, 0.717) is 20.7 Å². The van der Waals surface area contributed by atoms with Crippen molar-refractivity contribution in [3.63, 3.8) is 0 Å². The average Bonchev–Trinajstić information content (AvgIpc) is 2.95. The summed E-state index contributed by atoms with van der Waals surface area (Å²) in [7, 11) is 0. The van der Waals surface area contributed by atoms with Gasteiger partial charge in [0.1, 0.15) is 11.9 Å². The third-order valence-corrected chi connectivity index (χ3v) is 4.23. The zero-order chi connectivity index (χ0) is 12.7. The number of hydrogen-bond donors (Lipinski definition) is 1. The van der Waals surface area contributed by atoms with Crippen molar-refractivity contribution in [2.24, 2.45) is 0 Å². The second kappa shape index (κ2) is 4.59. The third kappa shape index (κ3) is 2.04. The first-order valence-electron chi connectivity index (χ1n) is 5.26. The monoisotopic (exact) mass is 298 g/mol. The summed E-state index contributed by atoms with van der Waals surface area (Å²) in [5.74, 6) is 0.469. The highest BCUT2D eigenvalue weighted by Gasteiger charge is 2.18. The maximum atomic E-state index is 10.2. The van der Waals surface area contributed by atoms with Gasteiger partial charge in [0.15, 0.2) is 5.58 Å². The smallest absolute Gasteiger partial charge is 0.153 e. The van der Waals surface area contributed by atoms with Crippen LogP contribution in [0.15, 0.2) is 40.8 Å². The normalized spacial score (nSPS) is 13.1. The number of halogens is 2. The first-order valence-corrected chi connectivity index (χ1v) is 6.83. The van der Waals surface area contributed by atoms with Crippen LogP contribution in [0.3, 0.4) is 0 Å². The standard InChI is InChI=1S/C13H8Cl2O2S/c14-8-3-1-2-7-6-9(17-13(7)8)12(16)10-4-5-11(15)18-10/h1-6,12,16H. The fourth-order valence-corrected chi connectivity index (χ4v) is 3.07. The Hall–Kier alpha value is -1.000. The lowest BCUT2D eigenvalue weighted by atomic mass is 10.2. The Bertz CT molecular complexity index is 702. The molecule has 0 radical (unpaired) electrons. The Balaban J connectivity index is 2.06. The van der Waals surface area contributed by atoms with Crippen molar-refractivity contribution in [1.82, 2.24) is 0 Å². The summed E-state index contributed by atoms with van der Waals surface area (Å²) in [5.41, 5.74) is 0.593. The molecule has 0 aliphatic rings. The van der Waals surface area contributed by atoms with E-state index in [9.17, 15) is 5.11 Å². The van der Waals surface area contributed by atoms with Gasteiger partial charge in [-0.05, 0) is 24.3 Å². The molecule has 0 saturated heterocycles. The van der Waals surface area contributed by atoms with Crippen molar-refractivity contribution in [3.8, 4) is 0 Å². The maximum Gasteiger partial charge on any atom is 0.153 e. The number of aliphatic hydroxyl groups is 1. The number of thiophene rings is 1. The molecule has 2 heterocycles. The zero-order valence-electron chi connectivity index (χ0n) is 9.06. The van der Waals surface area contributed by atoms with E-state index in [1.807, 2.05) is 12.1 Å². The topological polar surface area (TPSA) is 33.4 Å². The largest absolute Gasteiger partial charge is 0.456 e. The van der Waals surface area contributed by atoms with Crippen molar-refractivity contribution >= 4 is 45.5 Å². The third-order valence-electron chi connectivity index (χ3n) is 2.65. The van der Waals surface area contributed by atoms with E-state index >= 15 is 0 Å². The molecule has 0 spiro atoms. The maximum absolute atomic E-state index is 10.2. The minimum Gasteiger partial charge on any atom is -0.456 e. The summed E-state index contributed by atoms with van der Waals surface area (Å²) in [4.78, 5) is 0.746. The van der Waals surface area contributed by atoms with Gasteiger partial charge in [-0.25, -0.2) is 0 Å². The van der Waals surface area contributed by atoms with Gasteiger partial charge in [-0.2, -0.15) is 0 Å². The molecular formula is C13H8Cl2O2S. The molecular weight excluding hydrogens is 291 g/mol. The summed E-state index contributed by atoms with van der Waals surface area (Å²) in [6.45, 7) is 0. The Morgan fingerprint density at radius 1 is 1.17 bits per heavy atom. The predicted molar refractivity (Wildman–Crippen MR) is 74.6 cm³/mol. The molecule has 1 aromatic carbocycles. The summed E-state index contributed by atoms with van der Waals surface area (Å²) >= 11 is 13.2. The highest BCUT2D eigenvalue weighted by molar-refractivity contribution is 7.16. The van der Waals surface area contributed by atoms with Crippen LogP contribution in [0.1, 0.15) is 16.7 Å². The summed E-state index contributed by atoms with van der Waals surface area (Å²) in [5, 5.41) is 11.6. The molecule has 3 aromatic rings. The van der Waals surface area contributed by atoms with E-state index in [2.05, 4.69) is 0 Å². The van der Waals surface area contributed by atoms with Crippen molar-refractivity contribution in [2.45, 2.75) is 6.10 Å². The second-order valence-corrected chi connectivity index (χ2v) is 6.01. The number of para-hydroxylation sites is 1. The number of hydrogen-bond acceptors (Lipinski definition) is 3. The van der Waals surface area contributed by atoms with E-state index in [4.69, 9.17) is 27.6 Å². The Kier molecular flexibility index (Phi) is 3.08. The molecule has 2 aromatic heterocycles. The second-order valence-electron chi connectivity index (χ2n) is 3.85. The summed E-state index contributed by atoms with van der Waals surface area (Å²) in [6.07, 6.45) is -0.814. The van der Waals surface area contributed by atoms with Crippen LogP contribution < -0.4 is 0 Å². The van der Waals surface area contributed by atoms with Gasteiger partial charge < -0.3 is 9.52 Å². The highest BCUT2D eigenvalue weighted by Crippen LogP contribution is 2.35. The number of aliphatic hydroxyl groups excluding tert-OH is 1. The van der Waals surface area contributed by atoms with E-state index in [1.165, 1.54) is 11.3 Å². The molecule has 18 heavy (non-hydrogen) atoms. The van der Waals surface area contributed by atoms with Gasteiger partial charge in [-0.3, -0.25) is 0 Å². The van der Waals surface area contributed by atoms with E-state index in [0.717, 1.165) is 10.3 Å². The lowest BCUT2D eigenvalue weighted by Gasteiger charge is -2.03. The summed E-state index contributed by atoms with van der Waals surface area (Å²) < 4.78 is 6.24. The molecule has 5 heteroatoms. The van der Waals surface area contributed by atoms with E-state index < -0.39 is 6.10 Å². The summed E-state index contributed by atoms with van der Waals surface area (Å²) in [6, 6.07) is 10.8. The van der Waals surface area contributed by atoms with E-state index in [1.54, 1.807) is 24.3 Å². The van der Waals surface area contributed by atoms with Gasteiger partial charge in [0.05, 0.1) is 9.36 Å². The molecule has 0 bridgehead atoms. The average molecular weight is 299 g/mol. The Morgan fingerprint density at radius 3 is 2.67 bits per heavy atom. The SMILES string of the molecule is OC(c1cc2cccc(Cl)c2o1)c1ccc(Cl)s1. The van der Waals surface area contributed by atoms with Crippen molar-refractivity contribution in [3.05, 3.63) is 56.4 Å². The van der Waals surface area contributed by atoms with Crippen LogP contribution in [-0.2, 0) is 0 Å². The molecule has 0 aliphatic carbocycles. The van der Waals surface area contributed by atoms with Gasteiger partial charge in [-0.1, -0.05) is 35.3 Å². The van der Waals surface area contributed by atoms with Gasteiger partial charge in [0.25, 0.3) is 0 Å². The lowest BCUT2D eigenvalue weighted by Crippen LogP contribution is -1.93. The molecule has 1 atom stereocenters. The van der Waals surface area contributed by atoms with Gasteiger partial charge in [0, 0.05) is 10.3 Å². The molecule has 2 nitrogen and oxygen atoms in total. The molecule has 92 valence electrons. The predicted octanol–water partition coefficient (Wildman–Crippen LogP) is 4.88. The molecule has 1 N–H and O–H groups in total. The van der Waals surface area contributed by atoms with Crippen LogP contribution in [0.5, 0.6) is 0 Å². The lowest BCUT2D eigenvalue weighted by molar-refractivity contribution is 0.196. The Morgan fingerprint density at radius 2 is 2.00 bits per heavy atom. The van der Waals surface area contributed by atoms with Crippen LogP contribution >= 0.6 is 34.5 Å². The first kappa shape index (κ1) is 12.1. The van der Waals surface area contributed by atoms with Gasteiger partial charge in [-0.15, -0.1) is 11.3 Å². The number of benzene rings is 1. The molecule has 0 amide bonds. The van der Waals surface area contributed by atoms with Crippen LogP contribution in [0, 0.1) is 0 Å². The van der Waals surface area contributed by atoms with Crippen molar-refractivity contribution in [1.29, 1.82) is 0 Å². The van der Waals surface area contributed by atoms with Gasteiger partial charge >= 0.3 is 0 Å². The van der Waals surface area contributed by atoms with Gasteiger partial charge in [0.2, 0.25) is 0 Å². The molecule has 0 saturated carbocycles. The Labute approximate surface area is 117 Å². The fraction of sp³-hybridized carbons (Fsp3) is 0.0769. The quantitative estimate of drug-likeness (QED) is 0.731. The van der Waals surface area contributed by atoms with Crippen LogP contribution in [0.2, 0.25) is 9.36 Å². The number of fused-ring (bicyclic) bond motifs is 1. The molecule has 3 rings (SSSR count). The van der Waals surface area contributed by atoms with E-state index in [-0.39, 0.29) is 0 Å². The molecule has 1 unspecified atom stereocenters. The van der Waals surface area contributed by atoms with Crippen molar-refractivity contribution in [2.75, 3.05) is 0 Å². The molecule has 0 fully saturated rings. The minimum atomic E-state index is -0.814. The van der Waals surface area contributed by atoms with Crippen LogP contribution in [0.25, 0.3) is 11.0 Å². The minimum absolute atomic E-state index is 0.469. The zero-order valence-corrected chi connectivity index (χ0v) is 11.4. The van der Waals surface area contributed by atoms with Crippen LogP contribution in [0.4, 0.5) is 0 Å².